The van der Waals surface area contributed by atoms with Crippen molar-refractivity contribution in [2.45, 2.75) is 92.4 Å². The predicted octanol–water partition coefficient (Wildman–Crippen LogP) is 13.2. The van der Waals surface area contributed by atoms with E-state index in [4.69, 9.17) is 0 Å². The van der Waals surface area contributed by atoms with Crippen LogP contribution in [0.2, 0.25) is 0 Å². The van der Waals surface area contributed by atoms with E-state index >= 15 is 0 Å². The Kier molecular flexibility index (Phi) is 7.44. The first kappa shape index (κ1) is 31.5. The van der Waals surface area contributed by atoms with Gasteiger partial charge in [-0.15, -0.1) is 0 Å². The van der Waals surface area contributed by atoms with Gasteiger partial charge in [-0.05, 0) is 93.0 Å². The Bertz CT molecular complexity index is 2180. The summed E-state index contributed by atoms with van der Waals surface area (Å²) < 4.78 is 0. The van der Waals surface area contributed by atoms with E-state index in [1.807, 2.05) is 11.8 Å². The summed E-state index contributed by atoms with van der Waals surface area (Å²) in [6.45, 7) is 9.83. The highest BCUT2D eigenvalue weighted by molar-refractivity contribution is 8.00. The van der Waals surface area contributed by atoms with E-state index in [0.717, 1.165) is 18.5 Å². The molecular formula is C47H46N2S. The van der Waals surface area contributed by atoms with E-state index < -0.39 is 0 Å². The Hall–Kier alpha value is -4.47. The summed E-state index contributed by atoms with van der Waals surface area (Å²) in [5, 5.41) is 4.03. The molecule has 3 heteroatoms. The second-order valence-corrected chi connectivity index (χ2v) is 16.5. The Morgan fingerprint density at radius 1 is 0.800 bits per heavy atom. The van der Waals surface area contributed by atoms with Crippen molar-refractivity contribution < 1.29 is 0 Å². The smallest absolute Gasteiger partial charge is 0.0597 e. The first-order valence-corrected chi connectivity index (χ1v) is 19.3. The topological polar surface area (TPSA) is 15.3 Å². The first-order chi connectivity index (χ1) is 24.3. The first-order valence-electron chi connectivity index (χ1n) is 18.5. The largest absolute Gasteiger partial charge is 0.355 e. The number of aryl methyl sites for hydroxylation is 1. The fourth-order valence-corrected chi connectivity index (χ4v) is 11.0. The Morgan fingerprint density at radius 3 is 2.34 bits per heavy atom. The molecule has 1 N–H and O–H groups in total. The SMILES string of the molecule is Cc1cc(-c2cccc(C(C)(C3=CC=CCC3)c3ccccc3)c2Nc2ccccc2)c2c(c1)N1c3c(cccc3C3(C)CCCCC13C)S2. The van der Waals surface area contributed by atoms with Gasteiger partial charge in [-0.2, -0.15) is 0 Å². The molecule has 50 heavy (non-hydrogen) atoms. The minimum atomic E-state index is -0.329. The monoisotopic (exact) mass is 670 g/mol. The third kappa shape index (κ3) is 4.55. The van der Waals surface area contributed by atoms with Crippen LogP contribution in [0.5, 0.6) is 0 Å². The highest BCUT2D eigenvalue weighted by atomic mass is 32.2. The summed E-state index contributed by atoms with van der Waals surface area (Å²) in [4.78, 5) is 5.55. The molecule has 5 aromatic rings. The summed E-state index contributed by atoms with van der Waals surface area (Å²) in [6, 6.07) is 40.9. The third-order valence-electron chi connectivity index (χ3n) is 12.7. The lowest BCUT2D eigenvalue weighted by atomic mass is 9.61. The van der Waals surface area contributed by atoms with Gasteiger partial charge in [0.15, 0.2) is 0 Å². The second-order valence-electron chi connectivity index (χ2n) is 15.4. The van der Waals surface area contributed by atoms with Crippen LogP contribution in [0, 0.1) is 6.92 Å². The molecule has 0 saturated heterocycles. The summed E-state index contributed by atoms with van der Waals surface area (Å²) in [7, 11) is 0. The molecule has 5 aromatic carbocycles. The van der Waals surface area contributed by atoms with E-state index in [1.54, 1.807) is 5.56 Å². The molecule has 0 bridgehead atoms. The van der Waals surface area contributed by atoms with Crippen LogP contribution in [-0.4, -0.2) is 5.54 Å². The number of para-hydroxylation sites is 3. The van der Waals surface area contributed by atoms with Gasteiger partial charge in [0, 0.05) is 37.4 Å². The predicted molar refractivity (Wildman–Crippen MR) is 213 cm³/mol. The van der Waals surface area contributed by atoms with Crippen LogP contribution in [0.4, 0.5) is 22.7 Å². The van der Waals surface area contributed by atoms with E-state index in [0.29, 0.717) is 0 Å². The highest BCUT2D eigenvalue weighted by Gasteiger charge is 2.59. The molecule has 2 nitrogen and oxygen atoms in total. The molecule has 1 saturated carbocycles. The average Bonchev–Trinajstić information content (AvgIpc) is 3.37. The Morgan fingerprint density at radius 2 is 1.56 bits per heavy atom. The standard InChI is InChI=1S/C47H46N2S/c1-32-30-37(44-40(31-32)49-43-39(26-17-27-41(43)50-44)45(2)28-14-15-29-46(45,49)3)36-24-16-25-38(42(36)48-35-22-12-7-13-23-35)47(4,33-18-8-5-9-19-33)34-20-10-6-11-21-34/h5-10,12-13,16-20,22-27,30-31,48H,11,14-15,21,28-29H2,1-4H3. The van der Waals surface area contributed by atoms with Crippen molar-refractivity contribution in [3.8, 4) is 11.1 Å². The molecular weight excluding hydrogens is 625 g/mol. The van der Waals surface area contributed by atoms with Crippen molar-refractivity contribution in [2.24, 2.45) is 0 Å². The maximum absolute atomic E-state index is 4.03. The van der Waals surface area contributed by atoms with Crippen molar-refractivity contribution in [3.05, 3.63) is 155 Å². The van der Waals surface area contributed by atoms with Gasteiger partial charge in [-0.3, -0.25) is 0 Å². The lowest BCUT2D eigenvalue weighted by Crippen LogP contribution is -2.55. The molecule has 3 atom stereocenters. The number of hydrogen-bond acceptors (Lipinski definition) is 3. The molecule has 0 radical (unpaired) electrons. The van der Waals surface area contributed by atoms with Gasteiger partial charge < -0.3 is 10.2 Å². The fraction of sp³-hybridized carbons (Fsp3) is 0.277. The van der Waals surface area contributed by atoms with Crippen LogP contribution < -0.4 is 10.2 Å². The number of fused-ring (bicyclic) bond motifs is 5. The van der Waals surface area contributed by atoms with Gasteiger partial charge in [0.05, 0.1) is 22.6 Å². The van der Waals surface area contributed by atoms with Gasteiger partial charge in [0.2, 0.25) is 0 Å². The van der Waals surface area contributed by atoms with Gasteiger partial charge in [0.25, 0.3) is 0 Å². The molecule has 2 heterocycles. The zero-order chi connectivity index (χ0) is 34.1. The number of hydrogen-bond donors (Lipinski definition) is 1. The summed E-state index contributed by atoms with van der Waals surface area (Å²) in [5.74, 6) is 0. The molecule has 3 unspecified atom stereocenters. The van der Waals surface area contributed by atoms with Crippen molar-refractivity contribution in [3.63, 3.8) is 0 Å². The second kappa shape index (κ2) is 11.8. The van der Waals surface area contributed by atoms with Gasteiger partial charge in [0.1, 0.15) is 0 Å². The highest BCUT2D eigenvalue weighted by Crippen LogP contribution is 2.67. The zero-order valence-electron chi connectivity index (χ0n) is 29.7. The van der Waals surface area contributed by atoms with Crippen LogP contribution in [0.1, 0.15) is 81.5 Å². The number of benzene rings is 5. The van der Waals surface area contributed by atoms with E-state index in [9.17, 15) is 0 Å². The molecule has 0 spiro atoms. The number of anilines is 4. The number of allylic oxidation sites excluding steroid dienone is 4. The van der Waals surface area contributed by atoms with E-state index in [-0.39, 0.29) is 16.4 Å². The number of rotatable bonds is 6. The lowest BCUT2D eigenvalue weighted by molar-refractivity contribution is 0.194. The molecule has 0 aromatic heterocycles. The maximum atomic E-state index is 4.03. The Labute approximate surface area is 302 Å². The Balaban J connectivity index is 1.31. The van der Waals surface area contributed by atoms with Crippen LogP contribution in [0.25, 0.3) is 11.1 Å². The van der Waals surface area contributed by atoms with Crippen molar-refractivity contribution in [1.82, 2.24) is 0 Å². The summed E-state index contributed by atoms with van der Waals surface area (Å²) in [6.07, 6.45) is 14.0. The molecule has 0 amide bonds. The molecule has 1 fully saturated rings. The van der Waals surface area contributed by atoms with Crippen LogP contribution in [0.15, 0.2) is 143 Å². The van der Waals surface area contributed by atoms with Crippen LogP contribution in [-0.2, 0) is 10.8 Å². The molecule has 2 aliphatic carbocycles. The van der Waals surface area contributed by atoms with Crippen molar-refractivity contribution >= 4 is 34.5 Å². The van der Waals surface area contributed by atoms with Gasteiger partial charge in [-0.25, -0.2) is 0 Å². The summed E-state index contributed by atoms with van der Waals surface area (Å²) in [5.41, 5.74) is 14.4. The fourth-order valence-electron chi connectivity index (χ4n) is 9.83. The van der Waals surface area contributed by atoms with E-state index in [1.165, 1.54) is 85.9 Å². The number of nitrogens with one attached hydrogen (secondary N) is 1. The molecule has 250 valence electrons. The quantitative estimate of drug-likeness (QED) is 0.194. The van der Waals surface area contributed by atoms with Crippen molar-refractivity contribution in [1.29, 1.82) is 0 Å². The van der Waals surface area contributed by atoms with Crippen LogP contribution in [0.3, 0.4) is 0 Å². The molecule has 2 aliphatic heterocycles. The van der Waals surface area contributed by atoms with Gasteiger partial charge in [-0.1, -0.05) is 140 Å². The third-order valence-corrected chi connectivity index (χ3v) is 13.9. The number of nitrogens with zero attached hydrogens (tertiary/aromatic N) is 1. The minimum Gasteiger partial charge on any atom is -0.355 e. The molecule has 4 aliphatic rings. The lowest BCUT2D eigenvalue weighted by Gasteiger charge is -2.51. The van der Waals surface area contributed by atoms with Crippen molar-refractivity contribution in [2.75, 3.05) is 10.2 Å². The molecule has 9 rings (SSSR count). The zero-order valence-corrected chi connectivity index (χ0v) is 30.5. The van der Waals surface area contributed by atoms with E-state index in [2.05, 4.69) is 165 Å². The van der Waals surface area contributed by atoms with Crippen LogP contribution >= 0.6 is 11.8 Å². The average molecular weight is 671 g/mol. The maximum Gasteiger partial charge on any atom is 0.0597 e. The minimum absolute atomic E-state index is 0.0320. The summed E-state index contributed by atoms with van der Waals surface area (Å²) >= 11 is 1.98. The van der Waals surface area contributed by atoms with Gasteiger partial charge >= 0.3 is 0 Å². The normalized spacial score (nSPS) is 23.0.